The molecule has 11 nitrogen and oxygen atoms in total. The van der Waals surface area contributed by atoms with E-state index in [-0.39, 0.29) is 29.1 Å². The van der Waals surface area contributed by atoms with Gasteiger partial charge in [0.05, 0.1) is 16.3 Å². The summed E-state index contributed by atoms with van der Waals surface area (Å²) >= 11 is 1.21. The number of ketones is 1. The molecule has 38 heavy (non-hydrogen) atoms. The second-order valence-electron chi connectivity index (χ2n) is 8.33. The molecular weight excluding hydrogens is 530 g/mol. The number of carbonyl (C=O) groups is 2. The van der Waals surface area contributed by atoms with Gasteiger partial charge in [-0.2, -0.15) is 4.31 Å². The second-order valence-corrected chi connectivity index (χ2v) is 11.2. The van der Waals surface area contributed by atoms with Crippen molar-refractivity contribution in [3.05, 3.63) is 53.9 Å². The van der Waals surface area contributed by atoms with Gasteiger partial charge in [-0.1, -0.05) is 37.7 Å². The smallest absolute Gasteiger partial charge is 0.243 e. The molecule has 13 heteroatoms. The normalized spacial score (nSPS) is 12.6. The highest BCUT2D eigenvalue weighted by Gasteiger charge is 2.23. The molecule has 3 aromatic rings. The first-order valence-electron chi connectivity index (χ1n) is 12.1. The van der Waals surface area contributed by atoms with Crippen molar-refractivity contribution in [1.29, 1.82) is 0 Å². The number of Topliss-reactive ketones (excluding diaryl/α,β-unsaturated/α-hetero) is 1. The second kappa shape index (κ2) is 12.0. The zero-order valence-corrected chi connectivity index (χ0v) is 23.0. The first-order chi connectivity index (χ1) is 18.2. The molecule has 1 aliphatic heterocycles. The standard InChI is InChI=1S/C25H29N5O6S2/c1-4-29(5-2)38(33,34)20-9-6-18(7-10-20)21(32)15-37-25-28-27-24(12-13-26-17(3)31)30(25)19-8-11-22-23(14-19)36-16-35-22/h6-11,14H,4-5,12-13,15-16H2,1-3H3,(H,26,31). The van der Waals surface area contributed by atoms with Crippen molar-refractivity contribution in [2.75, 3.05) is 32.2 Å². The summed E-state index contributed by atoms with van der Waals surface area (Å²) in [7, 11) is -3.60. The molecule has 0 aliphatic carbocycles. The van der Waals surface area contributed by atoms with Crippen molar-refractivity contribution in [2.24, 2.45) is 0 Å². The Bertz CT molecular complexity index is 1420. The van der Waals surface area contributed by atoms with E-state index in [0.717, 1.165) is 5.69 Å². The van der Waals surface area contributed by atoms with Gasteiger partial charge < -0.3 is 14.8 Å². The van der Waals surface area contributed by atoms with Gasteiger partial charge in [-0.3, -0.25) is 14.2 Å². The maximum atomic E-state index is 13.0. The minimum Gasteiger partial charge on any atom is -0.454 e. The third-order valence-corrected chi connectivity index (χ3v) is 8.88. The van der Waals surface area contributed by atoms with Gasteiger partial charge in [0.1, 0.15) is 5.82 Å². The van der Waals surface area contributed by atoms with Gasteiger partial charge in [-0.25, -0.2) is 8.42 Å². The molecule has 4 rings (SSSR count). The quantitative estimate of drug-likeness (QED) is 0.263. The van der Waals surface area contributed by atoms with Crippen LogP contribution in [0.15, 0.2) is 52.5 Å². The highest BCUT2D eigenvalue weighted by atomic mass is 32.2. The van der Waals surface area contributed by atoms with E-state index in [1.165, 1.54) is 47.3 Å². The Balaban J connectivity index is 1.52. The lowest BCUT2D eigenvalue weighted by Gasteiger charge is -2.18. The number of hydrogen-bond donors (Lipinski definition) is 1. The van der Waals surface area contributed by atoms with Crippen LogP contribution in [0.25, 0.3) is 5.69 Å². The number of fused-ring (bicyclic) bond motifs is 1. The first kappa shape index (κ1) is 27.6. The van der Waals surface area contributed by atoms with Crippen molar-refractivity contribution in [3.8, 4) is 17.2 Å². The number of amides is 1. The minimum absolute atomic E-state index is 0.0660. The summed E-state index contributed by atoms with van der Waals surface area (Å²) in [4.78, 5) is 24.4. The Morgan fingerprint density at radius 3 is 2.45 bits per heavy atom. The van der Waals surface area contributed by atoms with E-state index >= 15 is 0 Å². The number of nitrogens with zero attached hydrogens (tertiary/aromatic N) is 4. The van der Waals surface area contributed by atoms with Crippen LogP contribution in [-0.2, 0) is 21.2 Å². The fourth-order valence-electron chi connectivity index (χ4n) is 3.93. The maximum Gasteiger partial charge on any atom is 0.243 e. The zero-order valence-electron chi connectivity index (χ0n) is 21.3. The van der Waals surface area contributed by atoms with Crippen molar-refractivity contribution in [2.45, 2.75) is 37.2 Å². The molecule has 0 atom stereocenters. The van der Waals surface area contributed by atoms with Crippen molar-refractivity contribution in [3.63, 3.8) is 0 Å². The summed E-state index contributed by atoms with van der Waals surface area (Å²) in [5, 5.41) is 11.8. The van der Waals surface area contributed by atoms with E-state index in [1.54, 1.807) is 19.9 Å². The van der Waals surface area contributed by atoms with Crippen LogP contribution in [-0.4, -0.2) is 71.4 Å². The Hall–Kier alpha value is -3.42. The molecule has 0 spiro atoms. The Morgan fingerprint density at radius 1 is 1.05 bits per heavy atom. The molecule has 202 valence electrons. The average molecular weight is 560 g/mol. The lowest BCUT2D eigenvalue weighted by molar-refractivity contribution is -0.118. The molecule has 1 aliphatic rings. The number of nitrogens with one attached hydrogen (secondary N) is 1. The summed E-state index contributed by atoms with van der Waals surface area (Å²) in [5.41, 5.74) is 1.13. The van der Waals surface area contributed by atoms with Crippen LogP contribution >= 0.6 is 11.8 Å². The lowest BCUT2D eigenvalue weighted by atomic mass is 10.1. The van der Waals surface area contributed by atoms with E-state index < -0.39 is 10.0 Å². The first-order valence-corrected chi connectivity index (χ1v) is 14.5. The summed E-state index contributed by atoms with van der Waals surface area (Å²) in [6.07, 6.45) is 0.429. The number of rotatable bonds is 12. The van der Waals surface area contributed by atoms with Gasteiger partial charge >= 0.3 is 0 Å². The van der Waals surface area contributed by atoms with Gasteiger partial charge in [0.25, 0.3) is 0 Å². The number of benzene rings is 2. The van der Waals surface area contributed by atoms with E-state index in [4.69, 9.17) is 9.47 Å². The van der Waals surface area contributed by atoms with Crippen LogP contribution < -0.4 is 14.8 Å². The summed E-state index contributed by atoms with van der Waals surface area (Å²) in [6.45, 7) is 6.26. The highest BCUT2D eigenvalue weighted by molar-refractivity contribution is 7.99. The number of aromatic nitrogens is 3. The van der Waals surface area contributed by atoms with Crippen LogP contribution in [0.2, 0.25) is 0 Å². The molecule has 0 saturated heterocycles. The van der Waals surface area contributed by atoms with Gasteiger partial charge in [0.15, 0.2) is 22.4 Å². The van der Waals surface area contributed by atoms with Crippen molar-refractivity contribution < 1.29 is 27.5 Å². The third kappa shape index (κ3) is 6.00. The van der Waals surface area contributed by atoms with Crippen molar-refractivity contribution >= 4 is 33.5 Å². The molecule has 1 amide bonds. The highest BCUT2D eigenvalue weighted by Crippen LogP contribution is 2.35. The number of thioether (sulfide) groups is 1. The Morgan fingerprint density at radius 2 is 1.76 bits per heavy atom. The number of hydrogen-bond acceptors (Lipinski definition) is 9. The van der Waals surface area contributed by atoms with Gasteiger partial charge in [-0.15, -0.1) is 10.2 Å². The molecule has 0 fully saturated rings. The molecule has 0 bridgehead atoms. The summed E-state index contributed by atoms with van der Waals surface area (Å²) in [6, 6.07) is 11.4. The van der Waals surface area contributed by atoms with Crippen molar-refractivity contribution in [1.82, 2.24) is 24.4 Å². The minimum atomic E-state index is -3.60. The summed E-state index contributed by atoms with van der Waals surface area (Å²) in [5.74, 6) is 1.58. The number of ether oxygens (including phenoxy) is 2. The molecule has 1 aromatic heterocycles. The molecule has 0 saturated carbocycles. The van der Waals surface area contributed by atoms with Gasteiger partial charge in [0, 0.05) is 44.6 Å². The van der Waals surface area contributed by atoms with Gasteiger partial charge in [-0.05, 0) is 24.3 Å². The van der Waals surface area contributed by atoms with Crippen LogP contribution in [0.5, 0.6) is 11.5 Å². The third-order valence-electron chi connectivity index (χ3n) is 5.89. The Labute approximate surface area is 225 Å². The van der Waals surface area contributed by atoms with Crippen LogP contribution in [0.4, 0.5) is 0 Å². The average Bonchev–Trinajstić information content (AvgIpc) is 3.54. The summed E-state index contributed by atoms with van der Waals surface area (Å²) < 4.78 is 39.5. The van der Waals surface area contributed by atoms with Crippen LogP contribution in [0.3, 0.4) is 0 Å². The molecular formula is C25H29N5O6S2. The van der Waals surface area contributed by atoms with E-state index in [0.29, 0.717) is 54.1 Å². The van der Waals surface area contributed by atoms with Crippen LogP contribution in [0, 0.1) is 0 Å². The molecule has 0 radical (unpaired) electrons. The van der Waals surface area contributed by atoms with E-state index in [9.17, 15) is 18.0 Å². The molecule has 2 aromatic carbocycles. The number of carbonyl (C=O) groups excluding carboxylic acids is 2. The molecule has 2 heterocycles. The maximum absolute atomic E-state index is 13.0. The number of sulfonamides is 1. The lowest BCUT2D eigenvalue weighted by Crippen LogP contribution is -2.30. The predicted molar refractivity (Wildman–Crippen MR) is 141 cm³/mol. The Kier molecular flexibility index (Phi) is 8.69. The SMILES string of the molecule is CCN(CC)S(=O)(=O)c1ccc(C(=O)CSc2nnc(CCNC(C)=O)n2-c2ccc3c(c2)OCO3)cc1. The van der Waals surface area contributed by atoms with Crippen LogP contribution in [0.1, 0.15) is 37.0 Å². The van der Waals surface area contributed by atoms with Gasteiger partial charge in [0.2, 0.25) is 22.7 Å². The largest absolute Gasteiger partial charge is 0.454 e. The fraction of sp³-hybridized carbons (Fsp3) is 0.360. The zero-order chi connectivity index (χ0) is 27.3. The predicted octanol–water partition coefficient (Wildman–Crippen LogP) is 2.68. The topological polar surface area (TPSA) is 133 Å². The van der Waals surface area contributed by atoms with E-state index in [1.807, 2.05) is 16.7 Å². The van der Waals surface area contributed by atoms with E-state index in [2.05, 4.69) is 15.5 Å². The molecule has 1 N–H and O–H groups in total. The monoisotopic (exact) mass is 559 g/mol. The molecule has 0 unspecified atom stereocenters. The fourth-order valence-corrected chi connectivity index (χ4v) is 6.25.